The van der Waals surface area contributed by atoms with Gasteiger partial charge >= 0.3 is 0 Å². The van der Waals surface area contributed by atoms with Crippen molar-refractivity contribution in [1.29, 1.82) is 0 Å². The summed E-state index contributed by atoms with van der Waals surface area (Å²) in [6.45, 7) is 9.51. The summed E-state index contributed by atoms with van der Waals surface area (Å²) < 4.78 is 1.05. The molecule has 10 heavy (non-hydrogen) atoms. The van der Waals surface area contributed by atoms with E-state index in [1.54, 1.807) is 6.08 Å². The minimum atomic E-state index is 1.05. The zero-order valence-corrected chi connectivity index (χ0v) is 8.48. The summed E-state index contributed by atoms with van der Waals surface area (Å²) in [7, 11) is 0. The largest absolute Gasteiger partial charge is 0.0990 e. The minimum Gasteiger partial charge on any atom is -0.0990 e. The van der Waals surface area contributed by atoms with Crippen molar-refractivity contribution in [2.24, 2.45) is 0 Å². The van der Waals surface area contributed by atoms with E-state index in [4.69, 9.17) is 0 Å². The number of allylic oxidation sites excluding steroid dienone is 5. The highest BCUT2D eigenvalue weighted by Gasteiger charge is 1.74. The number of rotatable bonds is 2. The first-order chi connectivity index (χ1) is 4.81. The van der Waals surface area contributed by atoms with Gasteiger partial charge in [0.2, 0.25) is 0 Å². The number of hydrogen-bond donors (Lipinski definition) is 0. The molecule has 0 bridgehead atoms. The molecule has 0 rings (SSSR count). The third-order valence-corrected chi connectivity index (χ3v) is 1.13. The first-order valence-electron chi connectivity index (χ1n) is 3.42. The quantitative estimate of drug-likeness (QED) is 0.594. The van der Waals surface area contributed by atoms with Crippen LogP contribution in [-0.2, 0) is 0 Å². The van der Waals surface area contributed by atoms with Gasteiger partial charge in [-0.25, -0.2) is 0 Å². The van der Waals surface area contributed by atoms with Crippen LogP contribution in [0.5, 0.6) is 0 Å². The summed E-state index contributed by atoms with van der Waals surface area (Å²) >= 11 is 3.30. The molecular formula is C9H15Br. The standard InChI is InChI=1S/C7H9Br.C2H6/c1-3-5-7(8)6-4-2;1-2/h3-6H,1H2,2H3;1-2H3/b6-4-,7-5+;. The highest BCUT2D eigenvalue weighted by molar-refractivity contribution is 9.11. The average molecular weight is 203 g/mol. The Morgan fingerprint density at radius 2 is 1.90 bits per heavy atom. The topological polar surface area (TPSA) is 0 Å². The third kappa shape index (κ3) is 10.6. The van der Waals surface area contributed by atoms with Crippen LogP contribution >= 0.6 is 15.9 Å². The van der Waals surface area contributed by atoms with Gasteiger partial charge in [-0.15, -0.1) is 0 Å². The van der Waals surface area contributed by atoms with E-state index < -0.39 is 0 Å². The van der Waals surface area contributed by atoms with Crippen LogP contribution in [0.25, 0.3) is 0 Å². The number of halogens is 1. The Bertz CT molecular complexity index is 121. The summed E-state index contributed by atoms with van der Waals surface area (Å²) in [6.07, 6.45) is 7.55. The Hall–Kier alpha value is -0.300. The smallest absolute Gasteiger partial charge is 0.0171 e. The second-order valence-corrected chi connectivity index (χ2v) is 2.20. The van der Waals surface area contributed by atoms with Gasteiger partial charge in [-0.1, -0.05) is 54.6 Å². The van der Waals surface area contributed by atoms with Gasteiger partial charge in [0.15, 0.2) is 0 Å². The fourth-order valence-corrected chi connectivity index (χ4v) is 0.779. The van der Waals surface area contributed by atoms with Crippen LogP contribution in [0.3, 0.4) is 0 Å². The molecule has 0 fully saturated rings. The molecule has 0 N–H and O–H groups in total. The lowest BCUT2D eigenvalue weighted by Crippen LogP contribution is -1.55. The van der Waals surface area contributed by atoms with Crippen LogP contribution in [0.1, 0.15) is 20.8 Å². The number of hydrogen-bond acceptors (Lipinski definition) is 0. The van der Waals surface area contributed by atoms with E-state index in [2.05, 4.69) is 22.5 Å². The van der Waals surface area contributed by atoms with Crippen molar-refractivity contribution in [3.05, 3.63) is 35.4 Å². The van der Waals surface area contributed by atoms with E-state index in [1.807, 2.05) is 39.0 Å². The molecule has 0 atom stereocenters. The van der Waals surface area contributed by atoms with Crippen LogP contribution in [0.15, 0.2) is 35.4 Å². The predicted octanol–water partition coefficient (Wildman–Crippen LogP) is 4.05. The molecule has 0 aliphatic carbocycles. The van der Waals surface area contributed by atoms with Crippen LogP contribution in [0, 0.1) is 0 Å². The van der Waals surface area contributed by atoms with Gasteiger partial charge in [0.25, 0.3) is 0 Å². The molecule has 0 spiro atoms. The van der Waals surface area contributed by atoms with Gasteiger partial charge in [0, 0.05) is 4.48 Å². The van der Waals surface area contributed by atoms with Crippen molar-refractivity contribution in [2.75, 3.05) is 0 Å². The van der Waals surface area contributed by atoms with Crippen molar-refractivity contribution < 1.29 is 0 Å². The summed E-state index contributed by atoms with van der Waals surface area (Å²) in [5, 5.41) is 0. The SMILES string of the molecule is C=C/C=C(Br)\C=C/C.CC. The molecule has 0 aromatic carbocycles. The second-order valence-electron chi connectivity index (χ2n) is 1.29. The summed E-state index contributed by atoms with van der Waals surface area (Å²) in [6, 6.07) is 0. The van der Waals surface area contributed by atoms with Crippen LogP contribution in [-0.4, -0.2) is 0 Å². The lowest BCUT2D eigenvalue weighted by molar-refractivity contribution is 1.50. The van der Waals surface area contributed by atoms with E-state index in [9.17, 15) is 0 Å². The Labute approximate surface area is 72.5 Å². The molecule has 0 unspecified atom stereocenters. The van der Waals surface area contributed by atoms with Crippen molar-refractivity contribution >= 4 is 15.9 Å². The molecule has 0 aliphatic rings. The molecule has 0 amide bonds. The van der Waals surface area contributed by atoms with Crippen molar-refractivity contribution in [3.8, 4) is 0 Å². The molecule has 0 aliphatic heterocycles. The zero-order chi connectivity index (χ0) is 8.41. The predicted molar refractivity (Wildman–Crippen MR) is 53.4 cm³/mol. The fraction of sp³-hybridized carbons (Fsp3) is 0.333. The van der Waals surface area contributed by atoms with Crippen LogP contribution in [0.2, 0.25) is 0 Å². The van der Waals surface area contributed by atoms with E-state index in [0.29, 0.717) is 0 Å². The van der Waals surface area contributed by atoms with Gasteiger partial charge in [-0.05, 0) is 13.0 Å². The molecule has 0 heterocycles. The van der Waals surface area contributed by atoms with E-state index in [0.717, 1.165) is 4.48 Å². The Morgan fingerprint density at radius 3 is 2.20 bits per heavy atom. The fourth-order valence-electron chi connectivity index (χ4n) is 0.327. The maximum atomic E-state index is 3.54. The van der Waals surface area contributed by atoms with Gasteiger partial charge in [-0.2, -0.15) is 0 Å². The Morgan fingerprint density at radius 1 is 1.40 bits per heavy atom. The van der Waals surface area contributed by atoms with E-state index in [1.165, 1.54) is 0 Å². The second kappa shape index (κ2) is 11.5. The van der Waals surface area contributed by atoms with Crippen molar-refractivity contribution in [3.63, 3.8) is 0 Å². The normalized spacial score (nSPS) is 10.6. The first kappa shape index (κ1) is 12.4. The molecule has 58 valence electrons. The lowest BCUT2D eigenvalue weighted by atomic mass is 10.4. The molecule has 0 nitrogen and oxygen atoms in total. The molecule has 0 radical (unpaired) electrons. The summed E-state index contributed by atoms with van der Waals surface area (Å²) in [4.78, 5) is 0. The van der Waals surface area contributed by atoms with Gasteiger partial charge < -0.3 is 0 Å². The highest BCUT2D eigenvalue weighted by Crippen LogP contribution is 2.05. The van der Waals surface area contributed by atoms with Crippen LogP contribution in [0.4, 0.5) is 0 Å². The average Bonchev–Trinajstić information content (AvgIpc) is 1.93. The monoisotopic (exact) mass is 202 g/mol. The molecule has 0 aromatic rings. The van der Waals surface area contributed by atoms with Crippen LogP contribution < -0.4 is 0 Å². The van der Waals surface area contributed by atoms with Crippen molar-refractivity contribution in [1.82, 2.24) is 0 Å². The first-order valence-corrected chi connectivity index (χ1v) is 4.21. The third-order valence-electron chi connectivity index (χ3n) is 0.603. The molecule has 0 saturated heterocycles. The molecule has 0 saturated carbocycles. The van der Waals surface area contributed by atoms with Gasteiger partial charge in [-0.3, -0.25) is 0 Å². The van der Waals surface area contributed by atoms with E-state index >= 15 is 0 Å². The molecular weight excluding hydrogens is 188 g/mol. The van der Waals surface area contributed by atoms with Gasteiger partial charge in [0.05, 0.1) is 0 Å². The van der Waals surface area contributed by atoms with Crippen molar-refractivity contribution in [2.45, 2.75) is 20.8 Å². The van der Waals surface area contributed by atoms with E-state index in [-0.39, 0.29) is 0 Å². The summed E-state index contributed by atoms with van der Waals surface area (Å²) in [5.74, 6) is 0. The minimum absolute atomic E-state index is 1.05. The summed E-state index contributed by atoms with van der Waals surface area (Å²) in [5.41, 5.74) is 0. The zero-order valence-electron chi connectivity index (χ0n) is 6.89. The Kier molecular flexibility index (Phi) is 14.2. The maximum absolute atomic E-state index is 3.54. The highest BCUT2D eigenvalue weighted by atomic mass is 79.9. The maximum Gasteiger partial charge on any atom is 0.0171 e. The van der Waals surface area contributed by atoms with Gasteiger partial charge in [0.1, 0.15) is 0 Å². The lowest BCUT2D eigenvalue weighted by Gasteiger charge is -1.80. The molecule has 1 heteroatoms. The molecule has 0 aromatic heterocycles. The Balaban J connectivity index is 0.